The van der Waals surface area contributed by atoms with Gasteiger partial charge in [0.25, 0.3) is 0 Å². The fourth-order valence-electron chi connectivity index (χ4n) is 2.22. The fraction of sp³-hybridized carbons (Fsp3) is 0.0588. The lowest BCUT2D eigenvalue weighted by atomic mass is 10.2. The van der Waals surface area contributed by atoms with E-state index in [1.807, 2.05) is 36.4 Å². The Morgan fingerprint density at radius 1 is 1.13 bits per heavy atom. The number of fused-ring (bicyclic) bond motifs is 1. The number of carbonyl (C=O) groups excluding carboxylic acids is 1. The third-order valence-corrected chi connectivity index (χ3v) is 3.98. The van der Waals surface area contributed by atoms with Gasteiger partial charge < -0.3 is 15.4 Å². The van der Waals surface area contributed by atoms with Crippen LogP contribution in [0.3, 0.4) is 0 Å². The highest BCUT2D eigenvalue weighted by molar-refractivity contribution is 9.10. The maximum Gasteiger partial charge on any atom is 0.323 e. The van der Waals surface area contributed by atoms with E-state index < -0.39 is 0 Å². The fourth-order valence-corrected chi connectivity index (χ4v) is 2.68. The summed E-state index contributed by atoms with van der Waals surface area (Å²) < 4.78 is 6.07. The topological polar surface area (TPSA) is 63.2 Å². The molecule has 2 aromatic carbocycles. The van der Waals surface area contributed by atoms with Crippen molar-refractivity contribution in [2.75, 3.05) is 17.7 Å². The maximum atomic E-state index is 12.2. The number of anilines is 2. The second kappa shape index (κ2) is 6.66. The smallest absolute Gasteiger partial charge is 0.323 e. The van der Waals surface area contributed by atoms with Gasteiger partial charge in [0, 0.05) is 27.8 Å². The molecule has 1 aromatic heterocycles. The molecule has 0 aliphatic carbocycles. The normalized spacial score (nSPS) is 10.3. The summed E-state index contributed by atoms with van der Waals surface area (Å²) in [6, 6.07) is 14.3. The SMILES string of the molecule is COc1cccc(NC(=O)Nc2ccc(Br)c3cccnc23)c1. The van der Waals surface area contributed by atoms with Gasteiger partial charge in [0.15, 0.2) is 0 Å². The zero-order chi connectivity index (χ0) is 16.2. The van der Waals surface area contributed by atoms with E-state index in [0.717, 1.165) is 15.4 Å². The van der Waals surface area contributed by atoms with Crippen molar-refractivity contribution in [3.05, 3.63) is 59.2 Å². The summed E-state index contributed by atoms with van der Waals surface area (Å²) in [6.45, 7) is 0. The Bertz CT molecular complexity index is 867. The summed E-state index contributed by atoms with van der Waals surface area (Å²) in [5.74, 6) is 0.679. The Hall–Kier alpha value is -2.60. The number of rotatable bonds is 3. The predicted octanol–water partition coefficient (Wildman–Crippen LogP) is 4.65. The molecule has 0 fully saturated rings. The third-order valence-electron chi connectivity index (χ3n) is 3.29. The molecule has 0 saturated carbocycles. The van der Waals surface area contributed by atoms with Gasteiger partial charge in [0.1, 0.15) is 5.75 Å². The van der Waals surface area contributed by atoms with Gasteiger partial charge in [-0.25, -0.2) is 4.79 Å². The first-order valence-electron chi connectivity index (χ1n) is 6.92. The number of ether oxygens (including phenoxy) is 1. The number of halogens is 1. The van der Waals surface area contributed by atoms with Gasteiger partial charge in [-0.3, -0.25) is 4.98 Å². The number of amides is 2. The van der Waals surface area contributed by atoms with Gasteiger partial charge in [-0.05, 0) is 30.3 Å². The molecule has 116 valence electrons. The second-order valence-corrected chi connectivity index (χ2v) is 5.66. The number of carbonyl (C=O) groups is 1. The molecule has 0 bridgehead atoms. The van der Waals surface area contributed by atoms with Gasteiger partial charge in [-0.15, -0.1) is 0 Å². The minimum Gasteiger partial charge on any atom is -0.497 e. The van der Waals surface area contributed by atoms with Crippen molar-refractivity contribution in [2.24, 2.45) is 0 Å². The van der Waals surface area contributed by atoms with Crippen LogP contribution in [-0.4, -0.2) is 18.1 Å². The molecule has 3 rings (SSSR count). The van der Waals surface area contributed by atoms with E-state index in [0.29, 0.717) is 17.1 Å². The number of benzene rings is 2. The second-order valence-electron chi connectivity index (χ2n) is 4.81. The largest absolute Gasteiger partial charge is 0.497 e. The molecular weight excluding hydrogens is 358 g/mol. The van der Waals surface area contributed by atoms with Crippen molar-refractivity contribution in [2.45, 2.75) is 0 Å². The van der Waals surface area contributed by atoms with E-state index in [9.17, 15) is 4.79 Å². The van der Waals surface area contributed by atoms with Crippen molar-refractivity contribution < 1.29 is 9.53 Å². The lowest BCUT2D eigenvalue weighted by molar-refractivity contribution is 0.262. The highest BCUT2D eigenvalue weighted by atomic mass is 79.9. The first-order valence-corrected chi connectivity index (χ1v) is 7.72. The molecule has 0 unspecified atom stereocenters. The first kappa shape index (κ1) is 15.3. The lowest BCUT2D eigenvalue weighted by Gasteiger charge is -2.11. The van der Waals surface area contributed by atoms with E-state index in [1.54, 1.807) is 25.4 Å². The van der Waals surface area contributed by atoms with Crippen molar-refractivity contribution in [3.63, 3.8) is 0 Å². The van der Waals surface area contributed by atoms with Gasteiger partial charge >= 0.3 is 6.03 Å². The Labute approximate surface area is 141 Å². The number of nitrogens with one attached hydrogen (secondary N) is 2. The highest BCUT2D eigenvalue weighted by Gasteiger charge is 2.09. The summed E-state index contributed by atoms with van der Waals surface area (Å²) in [7, 11) is 1.58. The molecule has 0 radical (unpaired) electrons. The molecule has 2 N–H and O–H groups in total. The average Bonchev–Trinajstić information content (AvgIpc) is 2.58. The first-order chi connectivity index (χ1) is 11.2. The number of pyridine rings is 1. The van der Waals surface area contributed by atoms with E-state index in [1.165, 1.54) is 0 Å². The summed E-state index contributed by atoms with van der Waals surface area (Å²) in [6.07, 6.45) is 1.69. The van der Waals surface area contributed by atoms with Crippen LogP contribution in [0.1, 0.15) is 0 Å². The molecule has 6 heteroatoms. The standard InChI is InChI=1S/C17H14BrN3O2/c1-23-12-5-2-4-11(10-12)20-17(22)21-15-8-7-14(18)13-6-3-9-19-16(13)15/h2-10H,1H3,(H2,20,21,22). The summed E-state index contributed by atoms with van der Waals surface area (Å²) in [4.78, 5) is 16.5. The number of methoxy groups -OCH3 is 1. The van der Waals surface area contributed by atoms with Gasteiger partial charge in [-0.2, -0.15) is 0 Å². The van der Waals surface area contributed by atoms with Crippen LogP contribution in [0, 0.1) is 0 Å². The lowest BCUT2D eigenvalue weighted by Crippen LogP contribution is -2.19. The van der Waals surface area contributed by atoms with Crippen molar-refractivity contribution >= 4 is 44.2 Å². The van der Waals surface area contributed by atoms with Crippen LogP contribution in [-0.2, 0) is 0 Å². The average molecular weight is 372 g/mol. The molecule has 0 aliphatic rings. The van der Waals surface area contributed by atoms with Crippen LogP contribution in [0.2, 0.25) is 0 Å². The van der Waals surface area contributed by atoms with Crippen LogP contribution in [0.4, 0.5) is 16.2 Å². The minimum atomic E-state index is -0.340. The number of hydrogen-bond acceptors (Lipinski definition) is 3. The van der Waals surface area contributed by atoms with Crippen LogP contribution >= 0.6 is 15.9 Å². The number of urea groups is 1. The zero-order valence-corrected chi connectivity index (χ0v) is 13.9. The number of nitrogens with zero attached hydrogens (tertiary/aromatic N) is 1. The molecule has 23 heavy (non-hydrogen) atoms. The summed E-state index contributed by atoms with van der Waals surface area (Å²) in [5.41, 5.74) is 2.02. The van der Waals surface area contributed by atoms with Crippen LogP contribution in [0.15, 0.2) is 59.2 Å². The number of hydrogen-bond donors (Lipinski definition) is 2. The van der Waals surface area contributed by atoms with Crippen molar-refractivity contribution in [3.8, 4) is 5.75 Å². The third kappa shape index (κ3) is 3.43. The van der Waals surface area contributed by atoms with Crippen LogP contribution in [0.5, 0.6) is 5.75 Å². The maximum absolute atomic E-state index is 12.2. The van der Waals surface area contributed by atoms with Crippen LogP contribution < -0.4 is 15.4 Å². The molecule has 2 amide bonds. The van der Waals surface area contributed by atoms with Crippen molar-refractivity contribution in [1.29, 1.82) is 0 Å². The molecule has 1 heterocycles. The number of aromatic nitrogens is 1. The summed E-state index contributed by atoms with van der Waals surface area (Å²) >= 11 is 3.48. The van der Waals surface area contributed by atoms with E-state index in [-0.39, 0.29) is 6.03 Å². The Balaban J connectivity index is 1.82. The summed E-state index contributed by atoms with van der Waals surface area (Å²) in [5, 5.41) is 6.54. The Kier molecular flexibility index (Phi) is 4.43. The Morgan fingerprint density at radius 3 is 2.83 bits per heavy atom. The van der Waals surface area contributed by atoms with Crippen LogP contribution in [0.25, 0.3) is 10.9 Å². The Morgan fingerprint density at radius 2 is 2.00 bits per heavy atom. The molecule has 0 atom stereocenters. The minimum absolute atomic E-state index is 0.340. The molecule has 0 aliphatic heterocycles. The molecule has 0 saturated heterocycles. The zero-order valence-electron chi connectivity index (χ0n) is 12.3. The predicted molar refractivity (Wildman–Crippen MR) is 95.1 cm³/mol. The van der Waals surface area contributed by atoms with E-state index >= 15 is 0 Å². The van der Waals surface area contributed by atoms with Gasteiger partial charge in [0.2, 0.25) is 0 Å². The van der Waals surface area contributed by atoms with Gasteiger partial charge in [-0.1, -0.05) is 28.1 Å². The molecular formula is C17H14BrN3O2. The highest BCUT2D eigenvalue weighted by Crippen LogP contribution is 2.28. The molecule has 0 spiro atoms. The van der Waals surface area contributed by atoms with Gasteiger partial charge in [0.05, 0.1) is 18.3 Å². The quantitative estimate of drug-likeness (QED) is 0.704. The van der Waals surface area contributed by atoms with Crippen molar-refractivity contribution in [1.82, 2.24) is 4.98 Å². The van der Waals surface area contributed by atoms with E-state index in [4.69, 9.17) is 4.74 Å². The molecule has 3 aromatic rings. The monoisotopic (exact) mass is 371 g/mol. The molecule has 5 nitrogen and oxygen atoms in total. The van der Waals surface area contributed by atoms with E-state index in [2.05, 4.69) is 31.5 Å².